The Morgan fingerprint density at radius 2 is 2.17 bits per heavy atom. The molecule has 0 radical (unpaired) electrons. The summed E-state index contributed by atoms with van der Waals surface area (Å²) in [4.78, 5) is 0. The monoisotopic (exact) mass is 200 g/mol. The quantitative estimate of drug-likeness (QED) is 0.610. The highest BCUT2D eigenvalue weighted by atomic mass is 32.2. The summed E-state index contributed by atoms with van der Waals surface area (Å²) < 4.78 is 48.6. The highest BCUT2D eigenvalue weighted by Gasteiger charge is 2.45. The van der Waals surface area contributed by atoms with E-state index in [1.807, 2.05) is 4.72 Å². The minimum absolute atomic E-state index is 0.0277. The number of sulfonamides is 1. The van der Waals surface area contributed by atoms with Gasteiger partial charge in [-0.05, 0) is 0 Å². The van der Waals surface area contributed by atoms with Gasteiger partial charge in [0.15, 0.2) is 0 Å². The SMILES string of the molecule is CS(=O)(=O)N[C@@H]1CNCC1(F)F. The van der Waals surface area contributed by atoms with E-state index in [1.54, 1.807) is 0 Å². The topological polar surface area (TPSA) is 58.2 Å². The predicted molar refractivity (Wildman–Crippen MR) is 39.6 cm³/mol. The van der Waals surface area contributed by atoms with Gasteiger partial charge in [-0.1, -0.05) is 0 Å². The molecular formula is C5H10F2N2O2S. The van der Waals surface area contributed by atoms with Crippen LogP contribution in [0.1, 0.15) is 0 Å². The minimum atomic E-state index is -3.55. The summed E-state index contributed by atoms with van der Waals surface area (Å²) >= 11 is 0. The Bertz CT molecular complexity index is 265. The molecule has 1 fully saturated rings. The first kappa shape index (κ1) is 9.82. The first-order valence-corrected chi connectivity index (χ1v) is 5.26. The maximum atomic E-state index is 12.7. The van der Waals surface area contributed by atoms with Crippen LogP contribution in [-0.2, 0) is 10.0 Å². The van der Waals surface area contributed by atoms with Gasteiger partial charge in [0.25, 0.3) is 5.92 Å². The van der Waals surface area contributed by atoms with E-state index < -0.39 is 28.5 Å². The fourth-order valence-electron chi connectivity index (χ4n) is 1.04. The molecule has 0 aromatic heterocycles. The van der Waals surface area contributed by atoms with Crippen molar-refractivity contribution in [2.45, 2.75) is 12.0 Å². The van der Waals surface area contributed by atoms with Crippen molar-refractivity contribution in [3.8, 4) is 0 Å². The first-order valence-electron chi connectivity index (χ1n) is 3.37. The third-order valence-electron chi connectivity index (χ3n) is 1.58. The predicted octanol–water partition coefficient (Wildman–Crippen LogP) is -0.857. The molecule has 1 aliphatic heterocycles. The zero-order valence-corrected chi connectivity index (χ0v) is 7.29. The Morgan fingerprint density at radius 1 is 1.58 bits per heavy atom. The van der Waals surface area contributed by atoms with Crippen LogP contribution in [0.4, 0.5) is 8.78 Å². The van der Waals surface area contributed by atoms with E-state index in [-0.39, 0.29) is 6.54 Å². The summed E-state index contributed by atoms with van der Waals surface area (Å²) in [6.07, 6.45) is 0.862. The molecule has 12 heavy (non-hydrogen) atoms. The van der Waals surface area contributed by atoms with Crippen molar-refractivity contribution in [3.63, 3.8) is 0 Å². The largest absolute Gasteiger partial charge is 0.309 e. The maximum absolute atomic E-state index is 12.7. The molecule has 1 atom stereocenters. The highest BCUT2D eigenvalue weighted by Crippen LogP contribution is 2.21. The molecule has 4 nitrogen and oxygen atoms in total. The van der Waals surface area contributed by atoms with Gasteiger partial charge in [-0.2, -0.15) is 0 Å². The summed E-state index contributed by atoms with van der Waals surface area (Å²) in [7, 11) is -3.55. The third kappa shape index (κ3) is 2.36. The molecule has 1 aliphatic rings. The number of hydrogen-bond donors (Lipinski definition) is 2. The average molecular weight is 200 g/mol. The van der Waals surface area contributed by atoms with Gasteiger partial charge in [0, 0.05) is 6.54 Å². The smallest absolute Gasteiger partial charge is 0.277 e. The number of rotatable bonds is 2. The molecule has 0 saturated carbocycles. The van der Waals surface area contributed by atoms with Crippen molar-refractivity contribution in [3.05, 3.63) is 0 Å². The molecule has 0 unspecified atom stereocenters. The minimum Gasteiger partial charge on any atom is -0.309 e. The molecule has 2 N–H and O–H groups in total. The van der Waals surface area contributed by atoms with Crippen molar-refractivity contribution in [1.82, 2.24) is 10.0 Å². The lowest BCUT2D eigenvalue weighted by molar-refractivity contribution is 0.00334. The van der Waals surface area contributed by atoms with Gasteiger partial charge in [-0.15, -0.1) is 0 Å². The van der Waals surface area contributed by atoms with Gasteiger partial charge in [-0.3, -0.25) is 0 Å². The van der Waals surface area contributed by atoms with E-state index in [0.717, 1.165) is 6.26 Å². The maximum Gasteiger partial charge on any atom is 0.277 e. The lowest BCUT2D eigenvalue weighted by atomic mass is 10.2. The van der Waals surface area contributed by atoms with Gasteiger partial charge in [-0.25, -0.2) is 21.9 Å². The molecule has 72 valence electrons. The van der Waals surface area contributed by atoms with E-state index >= 15 is 0 Å². The van der Waals surface area contributed by atoms with Gasteiger partial charge in [0.2, 0.25) is 10.0 Å². The molecule has 0 amide bonds. The van der Waals surface area contributed by atoms with Gasteiger partial charge < -0.3 is 5.32 Å². The number of alkyl halides is 2. The van der Waals surface area contributed by atoms with Gasteiger partial charge >= 0.3 is 0 Å². The normalized spacial score (nSPS) is 29.1. The van der Waals surface area contributed by atoms with E-state index in [9.17, 15) is 17.2 Å². The van der Waals surface area contributed by atoms with Crippen LogP contribution in [0.5, 0.6) is 0 Å². The summed E-state index contributed by atoms with van der Waals surface area (Å²) in [5, 5.41) is 2.41. The van der Waals surface area contributed by atoms with E-state index in [4.69, 9.17) is 0 Å². The second-order valence-electron chi connectivity index (χ2n) is 2.83. The van der Waals surface area contributed by atoms with Crippen molar-refractivity contribution in [2.75, 3.05) is 19.3 Å². The molecule has 0 aliphatic carbocycles. The molecule has 1 heterocycles. The zero-order valence-electron chi connectivity index (χ0n) is 6.47. The number of nitrogens with one attached hydrogen (secondary N) is 2. The molecule has 0 aromatic rings. The van der Waals surface area contributed by atoms with E-state index in [0.29, 0.717) is 0 Å². The Hall–Kier alpha value is -0.270. The van der Waals surface area contributed by atoms with E-state index in [2.05, 4.69) is 5.32 Å². The van der Waals surface area contributed by atoms with Crippen molar-refractivity contribution in [2.24, 2.45) is 0 Å². The van der Waals surface area contributed by atoms with Crippen LogP contribution in [0.3, 0.4) is 0 Å². The van der Waals surface area contributed by atoms with Crippen LogP contribution < -0.4 is 10.0 Å². The first-order chi connectivity index (χ1) is 5.31. The van der Waals surface area contributed by atoms with Crippen molar-refractivity contribution >= 4 is 10.0 Å². The fourth-order valence-corrected chi connectivity index (χ4v) is 1.81. The fraction of sp³-hybridized carbons (Fsp3) is 1.00. The van der Waals surface area contributed by atoms with Crippen molar-refractivity contribution < 1.29 is 17.2 Å². The number of halogens is 2. The molecular weight excluding hydrogens is 190 g/mol. The lowest BCUT2D eigenvalue weighted by Crippen LogP contribution is -2.46. The molecule has 0 aromatic carbocycles. The van der Waals surface area contributed by atoms with Crippen LogP contribution in [0.2, 0.25) is 0 Å². The Labute approximate surface area is 69.4 Å². The molecule has 1 saturated heterocycles. The summed E-state index contributed by atoms with van der Waals surface area (Å²) in [5.74, 6) is -2.98. The van der Waals surface area contributed by atoms with Gasteiger partial charge in [0.05, 0.1) is 18.8 Å². The average Bonchev–Trinajstić information content (AvgIpc) is 2.07. The summed E-state index contributed by atoms with van der Waals surface area (Å²) in [5.41, 5.74) is 0. The Morgan fingerprint density at radius 3 is 2.50 bits per heavy atom. The highest BCUT2D eigenvalue weighted by molar-refractivity contribution is 7.88. The third-order valence-corrected chi connectivity index (χ3v) is 2.29. The van der Waals surface area contributed by atoms with Crippen LogP contribution in [0.15, 0.2) is 0 Å². The molecule has 0 spiro atoms. The zero-order chi connectivity index (χ0) is 9.41. The second kappa shape index (κ2) is 2.90. The van der Waals surface area contributed by atoms with Crippen LogP contribution >= 0.6 is 0 Å². The van der Waals surface area contributed by atoms with Crippen LogP contribution in [0, 0.1) is 0 Å². The Kier molecular flexibility index (Phi) is 2.37. The molecule has 0 bridgehead atoms. The summed E-state index contributed by atoms with van der Waals surface area (Å²) in [6, 6.07) is -1.31. The standard InChI is InChI=1S/C5H10F2N2O2S/c1-12(10,11)9-4-2-8-3-5(4,6)7/h4,8-9H,2-3H2,1H3/t4-/m1/s1. The van der Waals surface area contributed by atoms with Crippen LogP contribution in [0.25, 0.3) is 0 Å². The lowest BCUT2D eigenvalue weighted by Gasteiger charge is -2.17. The van der Waals surface area contributed by atoms with Crippen LogP contribution in [-0.4, -0.2) is 39.7 Å². The second-order valence-corrected chi connectivity index (χ2v) is 4.61. The number of hydrogen-bond acceptors (Lipinski definition) is 3. The van der Waals surface area contributed by atoms with Crippen molar-refractivity contribution in [1.29, 1.82) is 0 Å². The Balaban J connectivity index is 2.65. The van der Waals surface area contributed by atoms with Gasteiger partial charge in [0.1, 0.15) is 0 Å². The summed E-state index contributed by atoms with van der Waals surface area (Å²) in [6.45, 7) is -0.500. The molecule has 1 rings (SSSR count). The molecule has 7 heteroatoms. The van der Waals surface area contributed by atoms with E-state index in [1.165, 1.54) is 0 Å².